The lowest BCUT2D eigenvalue weighted by Crippen LogP contribution is -1.90. The maximum atomic E-state index is 11.2. The third-order valence-corrected chi connectivity index (χ3v) is 2.71. The number of ketones is 1. The second-order valence-electron chi connectivity index (χ2n) is 3.86. The summed E-state index contributed by atoms with van der Waals surface area (Å²) in [5, 5.41) is 0. The van der Waals surface area contributed by atoms with Gasteiger partial charge in [0.15, 0.2) is 5.78 Å². The summed E-state index contributed by atoms with van der Waals surface area (Å²) in [6.45, 7) is 1.57. The van der Waals surface area contributed by atoms with Crippen LogP contribution in [0.15, 0.2) is 48.5 Å². The van der Waals surface area contributed by atoms with Gasteiger partial charge in [0.2, 0.25) is 0 Å². The van der Waals surface area contributed by atoms with Gasteiger partial charge >= 0.3 is 0 Å². The fourth-order valence-electron chi connectivity index (χ4n) is 1.68. The Morgan fingerprint density at radius 2 is 1.32 bits per heavy atom. The quantitative estimate of drug-likeness (QED) is 0.439. The van der Waals surface area contributed by atoms with E-state index in [2.05, 4.69) is 37.2 Å². The van der Waals surface area contributed by atoms with E-state index in [1.807, 2.05) is 48.5 Å². The van der Waals surface area contributed by atoms with Crippen LogP contribution in [-0.4, -0.2) is 12.9 Å². The predicted octanol–water partition coefficient (Wildman–Crippen LogP) is 5.34. The van der Waals surface area contributed by atoms with Crippen molar-refractivity contribution in [3.8, 4) is 16.9 Å². The van der Waals surface area contributed by atoms with Gasteiger partial charge in [-0.15, -0.1) is 0 Å². The molecule has 0 radical (unpaired) electrons. The molecule has 0 saturated carbocycles. The molecule has 0 aliphatic carbocycles. The second-order valence-corrected chi connectivity index (χ2v) is 3.86. The van der Waals surface area contributed by atoms with E-state index in [-0.39, 0.29) is 5.78 Å². The molecule has 100 valence electrons. The minimum absolute atomic E-state index is 0.0891. The average molecular weight is 480 g/mol. The number of carbonyl (C=O) groups is 1. The largest absolute Gasteiger partial charge is 0.497 e. The standard InChI is InChI=1S/C15H14O2.I2/c1-11(16)12-3-5-13(6-4-12)14-7-9-15(17-2)10-8-14;1-2/h3-10H,1-2H3;. The SMILES string of the molecule is COc1ccc(-c2ccc(C(C)=O)cc2)cc1.II. The highest BCUT2D eigenvalue weighted by atomic mass is 128. The summed E-state index contributed by atoms with van der Waals surface area (Å²) in [7, 11) is 1.65. The summed E-state index contributed by atoms with van der Waals surface area (Å²) >= 11 is 4.24. The van der Waals surface area contributed by atoms with Gasteiger partial charge in [0.1, 0.15) is 5.75 Å². The lowest BCUT2D eigenvalue weighted by molar-refractivity contribution is 0.101. The van der Waals surface area contributed by atoms with E-state index >= 15 is 0 Å². The van der Waals surface area contributed by atoms with Crippen molar-refractivity contribution in [3.63, 3.8) is 0 Å². The van der Waals surface area contributed by atoms with Crippen molar-refractivity contribution >= 4 is 43.0 Å². The molecule has 2 aromatic rings. The molecule has 2 rings (SSSR count). The molecule has 0 bridgehead atoms. The summed E-state index contributed by atoms with van der Waals surface area (Å²) in [6.07, 6.45) is 0. The van der Waals surface area contributed by atoms with Crippen LogP contribution in [0.25, 0.3) is 11.1 Å². The molecule has 2 aromatic carbocycles. The van der Waals surface area contributed by atoms with Crippen molar-refractivity contribution in [1.29, 1.82) is 0 Å². The molecule has 0 aliphatic rings. The van der Waals surface area contributed by atoms with E-state index in [0.29, 0.717) is 0 Å². The van der Waals surface area contributed by atoms with E-state index in [0.717, 1.165) is 22.4 Å². The van der Waals surface area contributed by atoms with Gasteiger partial charge in [-0.1, -0.05) is 36.4 Å². The summed E-state index contributed by atoms with van der Waals surface area (Å²) in [6, 6.07) is 15.5. The molecular formula is C15H14I2O2. The van der Waals surface area contributed by atoms with Gasteiger partial charge in [0.05, 0.1) is 7.11 Å². The van der Waals surface area contributed by atoms with Gasteiger partial charge in [-0.2, -0.15) is 0 Å². The maximum absolute atomic E-state index is 11.2. The molecule has 0 saturated heterocycles. The third kappa shape index (κ3) is 4.76. The number of benzene rings is 2. The van der Waals surface area contributed by atoms with Crippen LogP contribution in [0, 0.1) is 0 Å². The zero-order valence-corrected chi connectivity index (χ0v) is 15.0. The number of methoxy groups -OCH3 is 1. The first-order valence-corrected chi connectivity index (χ1v) is 11.9. The van der Waals surface area contributed by atoms with Crippen LogP contribution < -0.4 is 4.74 Å². The highest BCUT2D eigenvalue weighted by molar-refractivity contribution is 15.0. The Hall–Kier alpha value is -0.630. The summed E-state index contributed by atoms with van der Waals surface area (Å²) in [5.41, 5.74) is 2.95. The number of halogens is 2. The number of rotatable bonds is 3. The van der Waals surface area contributed by atoms with Gasteiger partial charge in [-0.25, -0.2) is 0 Å². The molecule has 0 atom stereocenters. The minimum Gasteiger partial charge on any atom is -0.497 e. The molecule has 0 aliphatic heterocycles. The van der Waals surface area contributed by atoms with Gasteiger partial charge in [-0.3, -0.25) is 4.79 Å². The van der Waals surface area contributed by atoms with E-state index in [1.165, 1.54) is 0 Å². The van der Waals surface area contributed by atoms with E-state index in [1.54, 1.807) is 14.0 Å². The first-order valence-electron chi connectivity index (χ1n) is 5.60. The fraction of sp³-hybridized carbons (Fsp3) is 0.133. The Bertz CT molecular complexity index is 519. The number of ether oxygens (including phenoxy) is 1. The summed E-state index contributed by atoms with van der Waals surface area (Å²) in [5.74, 6) is 0.931. The van der Waals surface area contributed by atoms with Crippen molar-refractivity contribution < 1.29 is 9.53 Å². The molecule has 0 fully saturated rings. The van der Waals surface area contributed by atoms with E-state index in [4.69, 9.17) is 4.74 Å². The number of carbonyl (C=O) groups excluding carboxylic acids is 1. The van der Waals surface area contributed by atoms with Crippen LogP contribution >= 0.6 is 37.2 Å². The summed E-state index contributed by atoms with van der Waals surface area (Å²) in [4.78, 5) is 11.2. The number of hydrogen-bond donors (Lipinski definition) is 0. The zero-order chi connectivity index (χ0) is 14.3. The second kappa shape index (κ2) is 8.52. The van der Waals surface area contributed by atoms with Gasteiger partial charge in [0, 0.05) is 42.8 Å². The summed E-state index contributed by atoms with van der Waals surface area (Å²) < 4.78 is 5.11. The monoisotopic (exact) mass is 480 g/mol. The molecule has 0 amide bonds. The van der Waals surface area contributed by atoms with Crippen LogP contribution in [0.4, 0.5) is 0 Å². The highest BCUT2D eigenvalue weighted by Gasteiger charge is 2.01. The molecule has 4 heteroatoms. The Balaban J connectivity index is 0.000000861. The topological polar surface area (TPSA) is 26.3 Å². The first-order chi connectivity index (χ1) is 9.20. The smallest absolute Gasteiger partial charge is 0.159 e. The predicted molar refractivity (Wildman–Crippen MR) is 96.5 cm³/mol. The van der Waals surface area contributed by atoms with Gasteiger partial charge < -0.3 is 4.74 Å². The van der Waals surface area contributed by atoms with E-state index in [9.17, 15) is 4.79 Å². The molecular weight excluding hydrogens is 466 g/mol. The first kappa shape index (κ1) is 16.4. The zero-order valence-electron chi connectivity index (χ0n) is 10.7. The molecule has 0 heterocycles. The van der Waals surface area contributed by atoms with Crippen molar-refractivity contribution in [1.82, 2.24) is 0 Å². The molecule has 2 nitrogen and oxygen atoms in total. The fourth-order valence-corrected chi connectivity index (χ4v) is 1.68. The van der Waals surface area contributed by atoms with Crippen molar-refractivity contribution in [2.45, 2.75) is 6.92 Å². The van der Waals surface area contributed by atoms with Gasteiger partial charge in [-0.05, 0) is 30.2 Å². The lowest BCUT2D eigenvalue weighted by Gasteiger charge is -2.04. The van der Waals surface area contributed by atoms with Crippen LogP contribution in [0.1, 0.15) is 17.3 Å². The van der Waals surface area contributed by atoms with Crippen molar-refractivity contribution in [2.75, 3.05) is 7.11 Å². The molecule has 0 aromatic heterocycles. The molecule has 19 heavy (non-hydrogen) atoms. The normalized spacial score (nSPS) is 9.26. The van der Waals surface area contributed by atoms with E-state index < -0.39 is 0 Å². The van der Waals surface area contributed by atoms with Crippen molar-refractivity contribution in [3.05, 3.63) is 54.1 Å². The average Bonchev–Trinajstić information content (AvgIpc) is 2.49. The van der Waals surface area contributed by atoms with Gasteiger partial charge in [0.25, 0.3) is 0 Å². The Morgan fingerprint density at radius 3 is 1.68 bits per heavy atom. The lowest BCUT2D eigenvalue weighted by atomic mass is 10.0. The van der Waals surface area contributed by atoms with Crippen LogP contribution in [0.3, 0.4) is 0 Å². The molecule has 0 spiro atoms. The van der Waals surface area contributed by atoms with Crippen LogP contribution in [0.2, 0.25) is 0 Å². The minimum atomic E-state index is 0.0891. The maximum Gasteiger partial charge on any atom is 0.159 e. The molecule has 0 unspecified atom stereocenters. The third-order valence-electron chi connectivity index (χ3n) is 2.71. The number of hydrogen-bond acceptors (Lipinski definition) is 2. The van der Waals surface area contributed by atoms with Crippen LogP contribution in [-0.2, 0) is 0 Å². The number of Topliss-reactive ketones (excluding diaryl/α,β-unsaturated/α-hetero) is 1. The Labute approximate surface area is 136 Å². The van der Waals surface area contributed by atoms with Crippen LogP contribution in [0.5, 0.6) is 5.75 Å². The molecule has 0 N–H and O–H groups in total. The Morgan fingerprint density at radius 1 is 0.895 bits per heavy atom. The van der Waals surface area contributed by atoms with Crippen molar-refractivity contribution in [2.24, 2.45) is 0 Å². The Kier molecular flexibility index (Phi) is 7.37. The highest BCUT2D eigenvalue weighted by Crippen LogP contribution is 2.22.